The molecule has 0 unspecified atom stereocenters. The molecule has 1 fully saturated rings. The van der Waals surface area contributed by atoms with Gasteiger partial charge >= 0.3 is 0 Å². The van der Waals surface area contributed by atoms with Gasteiger partial charge in [0.2, 0.25) is 5.88 Å². The van der Waals surface area contributed by atoms with E-state index in [4.69, 9.17) is 10.5 Å². The lowest BCUT2D eigenvalue weighted by Gasteiger charge is -2.23. The van der Waals surface area contributed by atoms with Gasteiger partial charge in [-0.05, 0) is 54.1 Å². The lowest BCUT2D eigenvalue weighted by molar-refractivity contribution is 0.147. The number of aromatic nitrogens is 1. The van der Waals surface area contributed by atoms with E-state index < -0.39 is 0 Å². The van der Waals surface area contributed by atoms with E-state index in [0.717, 1.165) is 22.9 Å². The Bertz CT molecular complexity index is 376. The molecule has 88 valence electrons. The largest absolute Gasteiger partial charge is 0.474 e. The number of nitrogens with zero attached hydrogens (tertiary/aromatic N) is 1. The van der Waals surface area contributed by atoms with Gasteiger partial charge in [0, 0.05) is 0 Å². The van der Waals surface area contributed by atoms with E-state index in [9.17, 15) is 0 Å². The first-order chi connectivity index (χ1) is 7.68. The predicted octanol–water partition coefficient (Wildman–Crippen LogP) is 3.45. The lowest BCUT2D eigenvalue weighted by atomic mass is 9.98. The summed E-state index contributed by atoms with van der Waals surface area (Å²) >= 11 is 3.49. The van der Waals surface area contributed by atoms with E-state index in [0.29, 0.717) is 17.7 Å². The molecular weight excluding hydrogens is 268 g/mol. The minimum Gasteiger partial charge on any atom is -0.474 e. The smallest absolute Gasteiger partial charge is 0.228 e. The molecule has 0 spiro atoms. The van der Waals surface area contributed by atoms with Gasteiger partial charge in [-0.1, -0.05) is 6.42 Å². The van der Waals surface area contributed by atoms with Gasteiger partial charge in [-0.2, -0.15) is 0 Å². The molecule has 0 amide bonds. The summed E-state index contributed by atoms with van der Waals surface area (Å²) in [5, 5.41) is 0. The van der Waals surface area contributed by atoms with Crippen molar-refractivity contribution in [1.82, 2.24) is 4.98 Å². The summed E-state index contributed by atoms with van der Waals surface area (Å²) in [5.74, 6) is 0.679. The van der Waals surface area contributed by atoms with Crippen LogP contribution in [0, 0.1) is 6.92 Å². The lowest BCUT2D eigenvalue weighted by Crippen LogP contribution is -2.20. The van der Waals surface area contributed by atoms with Gasteiger partial charge < -0.3 is 10.5 Å². The molecule has 1 aliphatic rings. The summed E-state index contributed by atoms with van der Waals surface area (Å²) in [4.78, 5) is 4.24. The van der Waals surface area contributed by atoms with Gasteiger partial charge in [-0.3, -0.25) is 0 Å². The Labute approximate surface area is 105 Å². The third-order valence-corrected chi connectivity index (χ3v) is 4.04. The summed E-state index contributed by atoms with van der Waals surface area (Å²) < 4.78 is 6.80. The zero-order valence-corrected chi connectivity index (χ0v) is 11.1. The molecule has 1 aromatic heterocycles. The average Bonchev–Trinajstić information content (AvgIpc) is 2.31. The first kappa shape index (κ1) is 11.7. The third-order valence-electron chi connectivity index (χ3n) is 3.10. The summed E-state index contributed by atoms with van der Waals surface area (Å²) in [6, 6.07) is 0. The monoisotopic (exact) mass is 284 g/mol. The van der Waals surface area contributed by atoms with Crippen LogP contribution in [0.4, 0.5) is 5.69 Å². The van der Waals surface area contributed by atoms with Crippen LogP contribution in [0.3, 0.4) is 0 Å². The van der Waals surface area contributed by atoms with Crippen LogP contribution >= 0.6 is 15.9 Å². The molecule has 1 saturated carbocycles. The van der Waals surface area contributed by atoms with Crippen LogP contribution in [0.25, 0.3) is 0 Å². The van der Waals surface area contributed by atoms with Crippen molar-refractivity contribution in [2.45, 2.75) is 45.1 Å². The number of halogens is 1. The fourth-order valence-corrected chi connectivity index (χ4v) is 2.42. The Balaban J connectivity index is 2.11. The summed E-state index contributed by atoms with van der Waals surface area (Å²) in [6.45, 7) is 1.97. The second-order valence-electron chi connectivity index (χ2n) is 4.34. The molecule has 1 heterocycles. The minimum absolute atomic E-state index is 0.320. The highest BCUT2D eigenvalue weighted by atomic mass is 79.9. The maximum Gasteiger partial charge on any atom is 0.228 e. The van der Waals surface area contributed by atoms with Crippen molar-refractivity contribution in [2.24, 2.45) is 0 Å². The van der Waals surface area contributed by atoms with Crippen molar-refractivity contribution in [3.05, 3.63) is 16.2 Å². The average molecular weight is 285 g/mol. The summed E-state index contributed by atoms with van der Waals surface area (Å²) in [7, 11) is 0. The number of pyridine rings is 1. The van der Waals surface area contributed by atoms with E-state index in [1.165, 1.54) is 19.3 Å². The fraction of sp³-hybridized carbons (Fsp3) is 0.583. The molecule has 1 aliphatic carbocycles. The fourth-order valence-electron chi connectivity index (χ4n) is 1.99. The van der Waals surface area contributed by atoms with E-state index in [1.54, 1.807) is 6.20 Å². The molecule has 3 nitrogen and oxygen atoms in total. The zero-order chi connectivity index (χ0) is 11.5. The molecule has 0 bridgehead atoms. The van der Waals surface area contributed by atoms with Gasteiger partial charge in [-0.15, -0.1) is 0 Å². The van der Waals surface area contributed by atoms with E-state index in [2.05, 4.69) is 20.9 Å². The Hall–Kier alpha value is -0.770. The van der Waals surface area contributed by atoms with Gasteiger partial charge in [0.05, 0.1) is 16.4 Å². The van der Waals surface area contributed by atoms with Crippen molar-refractivity contribution < 1.29 is 4.74 Å². The molecular formula is C12H17BrN2O. The van der Waals surface area contributed by atoms with Gasteiger partial charge in [0.15, 0.2) is 0 Å². The minimum atomic E-state index is 0.320. The van der Waals surface area contributed by atoms with Crippen LogP contribution in [-0.2, 0) is 0 Å². The number of rotatable bonds is 2. The second kappa shape index (κ2) is 5.04. The van der Waals surface area contributed by atoms with Crippen molar-refractivity contribution in [3.8, 4) is 5.88 Å². The number of ether oxygens (including phenoxy) is 1. The molecule has 0 aliphatic heterocycles. The summed E-state index contributed by atoms with van der Waals surface area (Å²) in [6.07, 6.45) is 8.11. The normalized spacial score (nSPS) is 17.4. The highest BCUT2D eigenvalue weighted by Crippen LogP contribution is 2.32. The van der Waals surface area contributed by atoms with Crippen molar-refractivity contribution in [2.75, 3.05) is 5.73 Å². The SMILES string of the molecule is Cc1c(N)cnc(OC2CCCCC2)c1Br. The predicted molar refractivity (Wildman–Crippen MR) is 68.6 cm³/mol. The molecule has 2 rings (SSSR count). The topological polar surface area (TPSA) is 48.1 Å². The standard InChI is InChI=1S/C12H17BrN2O/c1-8-10(14)7-15-12(11(8)13)16-9-5-3-2-4-6-9/h7,9H,2-6,14H2,1H3. The number of hydrogen-bond acceptors (Lipinski definition) is 3. The molecule has 1 aromatic rings. The molecule has 0 radical (unpaired) electrons. The first-order valence-corrected chi connectivity index (χ1v) is 6.55. The highest BCUT2D eigenvalue weighted by molar-refractivity contribution is 9.10. The Morgan fingerprint density at radius 3 is 2.75 bits per heavy atom. The molecule has 0 saturated heterocycles. The molecule has 16 heavy (non-hydrogen) atoms. The number of nitrogen functional groups attached to an aromatic ring is 1. The number of anilines is 1. The van der Waals surface area contributed by atoms with Crippen molar-refractivity contribution in [1.29, 1.82) is 0 Å². The van der Waals surface area contributed by atoms with Crippen LogP contribution in [0.2, 0.25) is 0 Å². The van der Waals surface area contributed by atoms with Crippen molar-refractivity contribution >= 4 is 21.6 Å². The third kappa shape index (κ3) is 2.48. The maximum absolute atomic E-state index is 5.91. The van der Waals surface area contributed by atoms with Crippen molar-refractivity contribution in [3.63, 3.8) is 0 Å². The zero-order valence-electron chi connectivity index (χ0n) is 9.50. The Morgan fingerprint density at radius 2 is 2.06 bits per heavy atom. The van der Waals surface area contributed by atoms with E-state index >= 15 is 0 Å². The molecule has 2 N–H and O–H groups in total. The van der Waals surface area contributed by atoms with Gasteiger partial charge in [-0.25, -0.2) is 4.98 Å². The van der Waals surface area contributed by atoms with Gasteiger partial charge in [0.1, 0.15) is 6.10 Å². The maximum atomic E-state index is 5.91. The second-order valence-corrected chi connectivity index (χ2v) is 5.13. The van der Waals surface area contributed by atoms with Gasteiger partial charge in [0.25, 0.3) is 0 Å². The van der Waals surface area contributed by atoms with Crippen LogP contribution < -0.4 is 10.5 Å². The Kier molecular flexibility index (Phi) is 3.69. The highest BCUT2D eigenvalue weighted by Gasteiger charge is 2.17. The van der Waals surface area contributed by atoms with Crippen LogP contribution in [0.1, 0.15) is 37.7 Å². The molecule has 0 aromatic carbocycles. The molecule has 4 heteroatoms. The number of nitrogens with two attached hydrogens (primary N) is 1. The summed E-state index contributed by atoms with van der Waals surface area (Å²) in [5.41, 5.74) is 7.47. The van der Waals surface area contributed by atoms with Crippen LogP contribution in [-0.4, -0.2) is 11.1 Å². The van der Waals surface area contributed by atoms with Crippen LogP contribution in [0.15, 0.2) is 10.7 Å². The Morgan fingerprint density at radius 1 is 1.38 bits per heavy atom. The van der Waals surface area contributed by atoms with E-state index in [1.807, 2.05) is 6.92 Å². The quantitative estimate of drug-likeness (QED) is 0.905. The first-order valence-electron chi connectivity index (χ1n) is 5.75. The molecule has 0 atom stereocenters. The van der Waals surface area contributed by atoms with E-state index in [-0.39, 0.29) is 0 Å². The number of hydrogen-bond donors (Lipinski definition) is 1. The van der Waals surface area contributed by atoms with Crippen LogP contribution in [0.5, 0.6) is 5.88 Å².